The van der Waals surface area contributed by atoms with Crippen molar-refractivity contribution in [2.24, 2.45) is 0 Å². The predicted molar refractivity (Wildman–Crippen MR) is 84.2 cm³/mol. The van der Waals surface area contributed by atoms with Crippen LogP contribution in [0, 0.1) is 0 Å². The maximum atomic E-state index is 12.1. The van der Waals surface area contributed by atoms with Gasteiger partial charge in [0.2, 0.25) is 5.91 Å². The molecule has 1 saturated heterocycles. The lowest BCUT2D eigenvalue weighted by Crippen LogP contribution is -2.47. The van der Waals surface area contributed by atoms with Crippen LogP contribution in [0.5, 0.6) is 0 Å². The SMILES string of the molecule is CC(C)(CCc1ccccc1)NC(=O)CC1CNCCO1. The van der Waals surface area contributed by atoms with E-state index in [1.807, 2.05) is 18.2 Å². The van der Waals surface area contributed by atoms with Crippen LogP contribution in [0.25, 0.3) is 0 Å². The largest absolute Gasteiger partial charge is 0.375 e. The number of benzene rings is 1. The Kier molecular flexibility index (Phi) is 5.76. The molecule has 0 aliphatic carbocycles. The number of nitrogens with one attached hydrogen (secondary N) is 2. The lowest BCUT2D eigenvalue weighted by molar-refractivity contribution is -0.126. The lowest BCUT2D eigenvalue weighted by atomic mass is 9.95. The highest BCUT2D eigenvalue weighted by Gasteiger charge is 2.23. The smallest absolute Gasteiger partial charge is 0.223 e. The molecule has 0 saturated carbocycles. The van der Waals surface area contributed by atoms with Gasteiger partial charge in [0.05, 0.1) is 19.1 Å². The summed E-state index contributed by atoms with van der Waals surface area (Å²) in [6.07, 6.45) is 2.33. The second-order valence-electron chi connectivity index (χ2n) is 6.32. The molecule has 1 aromatic carbocycles. The number of hydrogen-bond donors (Lipinski definition) is 2. The van der Waals surface area contributed by atoms with E-state index in [0.29, 0.717) is 13.0 Å². The van der Waals surface area contributed by atoms with Gasteiger partial charge in [-0.05, 0) is 32.3 Å². The molecule has 116 valence electrons. The van der Waals surface area contributed by atoms with Crippen LogP contribution in [0.15, 0.2) is 30.3 Å². The van der Waals surface area contributed by atoms with Crippen LogP contribution in [-0.2, 0) is 16.0 Å². The van der Waals surface area contributed by atoms with Crippen LogP contribution in [0.1, 0.15) is 32.3 Å². The van der Waals surface area contributed by atoms with Crippen LogP contribution in [-0.4, -0.2) is 37.2 Å². The van der Waals surface area contributed by atoms with Crippen molar-refractivity contribution < 1.29 is 9.53 Å². The fraction of sp³-hybridized carbons (Fsp3) is 0.588. The van der Waals surface area contributed by atoms with Gasteiger partial charge in [0.25, 0.3) is 0 Å². The molecule has 1 heterocycles. The molecule has 2 N–H and O–H groups in total. The van der Waals surface area contributed by atoms with Gasteiger partial charge in [-0.1, -0.05) is 30.3 Å². The highest BCUT2D eigenvalue weighted by molar-refractivity contribution is 5.77. The van der Waals surface area contributed by atoms with Crippen LogP contribution < -0.4 is 10.6 Å². The fourth-order valence-corrected chi connectivity index (χ4v) is 2.55. The highest BCUT2D eigenvalue weighted by atomic mass is 16.5. The summed E-state index contributed by atoms with van der Waals surface area (Å²) in [4.78, 5) is 12.1. The third kappa shape index (κ3) is 5.86. The number of aryl methyl sites for hydroxylation is 1. The van der Waals surface area contributed by atoms with Gasteiger partial charge in [-0.25, -0.2) is 0 Å². The molecule has 1 fully saturated rings. The molecule has 4 heteroatoms. The third-order valence-electron chi connectivity index (χ3n) is 3.78. The predicted octanol–water partition coefficient (Wildman–Crippen LogP) is 1.89. The van der Waals surface area contributed by atoms with E-state index in [1.54, 1.807) is 0 Å². The fourth-order valence-electron chi connectivity index (χ4n) is 2.55. The molecule has 2 rings (SSSR count). The van der Waals surface area contributed by atoms with Crippen molar-refractivity contribution in [3.05, 3.63) is 35.9 Å². The Bertz CT molecular complexity index is 439. The van der Waals surface area contributed by atoms with Gasteiger partial charge < -0.3 is 15.4 Å². The zero-order valence-electron chi connectivity index (χ0n) is 13.0. The Morgan fingerprint density at radius 1 is 1.38 bits per heavy atom. The summed E-state index contributed by atoms with van der Waals surface area (Å²) < 4.78 is 5.57. The number of carbonyl (C=O) groups excluding carboxylic acids is 1. The van der Waals surface area contributed by atoms with Gasteiger partial charge in [-0.2, -0.15) is 0 Å². The van der Waals surface area contributed by atoms with E-state index in [4.69, 9.17) is 4.74 Å². The Balaban J connectivity index is 1.75. The molecule has 21 heavy (non-hydrogen) atoms. The third-order valence-corrected chi connectivity index (χ3v) is 3.78. The van der Waals surface area contributed by atoms with Crippen LogP contribution in [0.4, 0.5) is 0 Å². The first-order valence-corrected chi connectivity index (χ1v) is 7.72. The molecule has 0 spiro atoms. The molecule has 1 unspecified atom stereocenters. The maximum Gasteiger partial charge on any atom is 0.223 e. The zero-order valence-corrected chi connectivity index (χ0v) is 13.0. The van der Waals surface area contributed by atoms with Gasteiger partial charge in [0.1, 0.15) is 0 Å². The average molecular weight is 290 g/mol. The van der Waals surface area contributed by atoms with E-state index in [-0.39, 0.29) is 17.6 Å². The molecule has 4 nitrogen and oxygen atoms in total. The van der Waals surface area contributed by atoms with E-state index >= 15 is 0 Å². The summed E-state index contributed by atoms with van der Waals surface area (Å²) in [5.41, 5.74) is 1.11. The minimum absolute atomic E-state index is 0.00340. The van der Waals surface area contributed by atoms with Crippen molar-refractivity contribution in [2.75, 3.05) is 19.7 Å². The van der Waals surface area contributed by atoms with E-state index in [0.717, 1.165) is 25.9 Å². The Hall–Kier alpha value is -1.39. The van der Waals surface area contributed by atoms with Gasteiger partial charge in [-0.3, -0.25) is 4.79 Å². The topological polar surface area (TPSA) is 50.4 Å². The Labute approximate surface area is 127 Å². The van der Waals surface area contributed by atoms with Crippen molar-refractivity contribution in [3.63, 3.8) is 0 Å². The molecule has 0 aromatic heterocycles. The minimum atomic E-state index is -0.199. The molecular weight excluding hydrogens is 264 g/mol. The number of morpholine rings is 1. The molecule has 0 radical (unpaired) electrons. The van der Waals surface area contributed by atoms with Gasteiger partial charge >= 0.3 is 0 Å². The molecule has 1 atom stereocenters. The van der Waals surface area contributed by atoms with E-state index in [1.165, 1.54) is 5.56 Å². The summed E-state index contributed by atoms with van der Waals surface area (Å²) >= 11 is 0. The normalized spacial score (nSPS) is 19.2. The van der Waals surface area contributed by atoms with E-state index in [9.17, 15) is 4.79 Å². The molecule has 0 bridgehead atoms. The summed E-state index contributed by atoms with van der Waals surface area (Å²) in [6, 6.07) is 10.4. The first kappa shape index (κ1) is 16.0. The first-order valence-electron chi connectivity index (χ1n) is 7.72. The molecule has 1 amide bonds. The highest BCUT2D eigenvalue weighted by Crippen LogP contribution is 2.14. The minimum Gasteiger partial charge on any atom is -0.375 e. The lowest BCUT2D eigenvalue weighted by Gasteiger charge is -2.29. The number of rotatable bonds is 6. The number of hydrogen-bond acceptors (Lipinski definition) is 3. The van der Waals surface area contributed by atoms with Crippen molar-refractivity contribution in [1.29, 1.82) is 0 Å². The van der Waals surface area contributed by atoms with Gasteiger partial charge in [0.15, 0.2) is 0 Å². The van der Waals surface area contributed by atoms with Crippen molar-refractivity contribution >= 4 is 5.91 Å². The number of amides is 1. The molecule has 1 aliphatic heterocycles. The standard InChI is InChI=1S/C17H26N2O2/c1-17(2,9-8-14-6-4-3-5-7-14)19-16(20)12-15-13-18-10-11-21-15/h3-7,15,18H,8-13H2,1-2H3,(H,19,20). The number of ether oxygens (including phenoxy) is 1. The van der Waals surface area contributed by atoms with E-state index < -0.39 is 0 Å². The summed E-state index contributed by atoms with van der Waals surface area (Å²) in [7, 11) is 0. The van der Waals surface area contributed by atoms with Gasteiger partial charge in [-0.15, -0.1) is 0 Å². The summed E-state index contributed by atoms with van der Waals surface area (Å²) in [5, 5.41) is 6.37. The second-order valence-corrected chi connectivity index (χ2v) is 6.32. The Morgan fingerprint density at radius 2 is 2.14 bits per heavy atom. The maximum absolute atomic E-state index is 12.1. The summed E-state index contributed by atoms with van der Waals surface area (Å²) in [6.45, 7) is 6.48. The average Bonchev–Trinajstić information content (AvgIpc) is 2.47. The molecule has 1 aromatic rings. The second kappa shape index (κ2) is 7.57. The Morgan fingerprint density at radius 3 is 2.81 bits per heavy atom. The monoisotopic (exact) mass is 290 g/mol. The summed E-state index contributed by atoms with van der Waals surface area (Å²) in [5.74, 6) is 0.0711. The molecule has 1 aliphatic rings. The van der Waals surface area contributed by atoms with Crippen LogP contribution in [0.2, 0.25) is 0 Å². The van der Waals surface area contributed by atoms with Crippen molar-refractivity contribution in [1.82, 2.24) is 10.6 Å². The van der Waals surface area contributed by atoms with E-state index in [2.05, 4.69) is 36.6 Å². The number of carbonyl (C=O) groups is 1. The van der Waals surface area contributed by atoms with Crippen LogP contribution >= 0.6 is 0 Å². The quantitative estimate of drug-likeness (QED) is 0.841. The van der Waals surface area contributed by atoms with Crippen LogP contribution in [0.3, 0.4) is 0 Å². The zero-order chi connectivity index (χ0) is 15.1. The van der Waals surface area contributed by atoms with Crippen molar-refractivity contribution in [3.8, 4) is 0 Å². The first-order chi connectivity index (χ1) is 10.1. The van der Waals surface area contributed by atoms with Crippen molar-refractivity contribution in [2.45, 2.75) is 44.8 Å². The molecular formula is C17H26N2O2. The van der Waals surface area contributed by atoms with Gasteiger partial charge in [0, 0.05) is 18.6 Å².